The maximum absolute atomic E-state index is 12.1. The van der Waals surface area contributed by atoms with E-state index in [1.54, 1.807) is 6.92 Å². The largest absolute Gasteiger partial charge is 0.462 e. The highest BCUT2D eigenvalue weighted by Crippen LogP contribution is 2.68. The highest BCUT2D eigenvalue weighted by Gasteiger charge is 2.63. The Morgan fingerprint density at radius 3 is 2.62 bits per heavy atom. The van der Waals surface area contributed by atoms with Gasteiger partial charge in [0, 0.05) is 19.3 Å². The molecule has 4 saturated carbocycles. The lowest BCUT2D eigenvalue weighted by atomic mass is 9.43. The summed E-state index contributed by atoms with van der Waals surface area (Å²) < 4.78 is 6.07. The van der Waals surface area contributed by atoms with Gasteiger partial charge in [-0.3, -0.25) is 4.79 Å². The van der Waals surface area contributed by atoms with Gasteiger partial charge in [-0.25, -0.2) is 5.10 Å². The van der Waals surface area contributed by atoms with Crippen molar-refractivity contribution in [2.75, 3.05) is 0 Å². The lowest BCUT2D eigenvalue weighted by molar-refractivity contribution is -0.194. The average molecular weight is 445 g/mol. The number of aliphatic hydroxyl groups is 1. The van der Waals surface area contributed by atoms with Crippen molar-refractivity contribution in [1.29, 1.82) is 0 Å². The number of esters is 1. The van der Waals surface area contributed by atoms with Gasteiger partial charge in [-0.2, -0.15) is 0 Å². The molecule has 32 heavy (non-hydrogen) atoms. The second-order valence-corrected chi connectivity index (χ2v) is 12.1. The number of tetrazole rings is 1. The molecule has 178 valence electrons. The summed E-state index contributed by atoms with van der Waals surface area (Å²) in [4.78, 5) is 12.1. The van der Waals surface area contributed by atoms with Crippen LogP contribution in [0.25, 0.3) is 0 Å². The summed E-state index contributed by atoms with van der Waals surface area (Å²) in [5.74, 6) is 3.95. The maximum atomic E-state index is 12.1. The van der Waals surface area contributed by atoms with Crippen LogP contribution in [0.3, 0.4) is 0 Å². The van der Waals surface area contributed by atoms with Gasteiger partial charge in [0.05, 0.1) is 6.10 Å². The van der Waals surface area contributed by atoms with Gasteiger partial charge in [0.15, 0.2) is 0 Å². The van der Waals surface area contributed by atoms with E-state index in [0.717, 1.165) is 37.9 Å². The molecule has 4 aliphatic carbocycles. The number of hydrogen-bond donors (Lipinski definition) is 2. The molecule has 4 aliphatic rings. The maximum Gasteiger partial charge on any atom is 0.302 e. The normalized spacial score (nSPS) is 46.6. The smallest absolute Gasteiger partial charge is 0.302 e. The first-order valence-corrected chi connectivity index (χ1v) is 12.8. The average Bonchev–Trinajstić information content (AvgIpc) is 3.35. The number of carbonyl (C=O) groups is 1. The minimum atomic E-state index is -0.196. The molecular weight excluding hydrogens is 404 g/mol. The minimum Gasteiger partial charge on any atom is -0.462 e. The van der Waals surface area contributed by atoms with Crippen molar-refractivity contribution in [3.05, 3.63) is 5.82 Å². The zero-order valence-electron chi connectivity index (χ0n) is 20.1. The summed E-state index contributed by atoms with van der Waals surface area (Å²) in [7, 11) is 0. The standard InChI is InChI=1S/C25H40N4O3/c1-14(11-22-26-28-29-27-22)18-5-6-19-23-20(8-10-25(18,19)4)24(3)9-7-17(31)12-16(24)13-21(23)32-15(2)30/h14,16-21,23,31H,5-13H2,1-4H3,(H,26,27,28,29)/t14-,16+,17-,18-,19+,20+,21-,23+,24+,25-/m1/s1. The highest BCUT2D eigenvalue weighted by molar-refractivity contribution is 5.66. The fraction of sp³-hybridized carbons (Fsp3) is 0.920. The summed E-state index contributed by atoms with van der Waals surface area (Å²) in [6.07, 6.45) is 9.42. The molecular formula is C25H40N4O3. The molecule has 1 heterocycles. The Morgan fingerprint density at radius 1 is 1.16 bits per heavy atom. The third-order valence-corrected chi connectivity index (χ3v) is 10.6. The molecule has 0 spiro atoms. The number of aliphatic hydroxyl groups excluding tert-OH is 1. The van der Waals surface area contributed by atoms with Crippen LogP contribution in [-0.4, -0.2) is 43.9 Å². The quantitative estimate of drug-likeness (QED) is 0.682. The van der Waals surface area contributed by atoms with Crippen LogP contribution in [0.2, 0.25) is 0 Å². The molecule has 0 amide bonds. The number of aromatic amines is 1. The van der Waals surface area contributed by atoms with Gasteiger partial charge in [-0.05, 0) is 102 Å². The number of hydrogen-bond acceptors (Lipinski definition) is 6. The Labute approximate surface area is 191 Å². The van der Waals surface area contributed by atoms with E-state index in [1.807, 2.05) is 0 Å². The molecule has 5 rings (SSSR count). The van der Waals surface area contributed by atoms with E-state index in [2.05, 4.69) is 41.4 Å². The number of ether oxygens (including phenoxy) is 1. The predicted octanol–water partition coefficient (Wildman–Crippen LogP) is 3.94. The number of H-pyrrole nitrogens is 1. The Balaban J connectivity index is 1.43. The van der Waals surface area contributed by atoms with Gasteiger partial charge in [0.1, 0.15) is 11.9 Å². The van der Waals surface area contributed by atoms with Crippen molar-refractivity contribution in [3.63, 3.8) is 0 Å². The van der Waals surface area contributed by atoms with Crippen LogP contribution in [0.15, 0.2) is 0 Å². The van der Waals surface area contributed by atoms with Crippen LogP contribution in [-0.2, 0) is 16.0 Å². The molecule has 10 atom stereocenters. The highest BCUT2D eigenvalue weighted by atomic mass is 16.5. The first-order valence-electron chi connectivity index (χ1n) is 12.8. The third-order valence-electron chi connectivity index (χ3n) is 10.6. The third kappa shape index (κ3) is 3.50. The summed E-state index contributed by atoms with van der Waals surface area (Å²) in [5.41, 5.74) is 0.529. The van der Waals surface area contributed by atoms with E-state index in [9.17, 15) is 9.90 Å². The Kier molecular flexibility index (Phi) is 5.62. The molecule has 2 N–H and O–H groups in total. The van der Waals surface area contributed by atoms with Gasteiger partial charge >= 0.3 is 5.97 Å². The molecule has 0 aliphatic heterocycles. The van der Waals surface area contributed by atoms with Crippen molar-refractivity contribution in [3.8, 4) is 0 Å². The fourth-order valence-corrected chi connectivity index (χ4v) is 9.20. The van der Waals surface area contributed by atoms with E-state index in [1.165, 1.54) is 25.7 Å². The second-order valence-electron chi connectivity index (χ2n) is 12.1. The second kappa shape index (κ2) is 8.07. The molecule has 0 aromatic carbocycles. The Morgan fingerprint density at radius 2 is 1.91 bits per heavy atom. The van der Waals surface area contributed by atoms with Crippen LogP contribution >= 0.6 is 0 Å². The number of fused-ring (bicyclic) bond motifs is 5. The van der Waals surface area contributed by atoms with Crippen LogP contribution in [0.4, 0.5) is 0 Å². The minimum absolute atomic E-state index is 0.00182. The number of aromatic nitrogens is 4. The SMILES string of the molecule is CC(=O)O[C@@H]1C[C@@H]2C[C@H](O)CC[C@]2(C)[C@H]2CC[C@]3(C)[C@@H]([C@H](C)Cc4nnn[nH]4)CC[C@H]3[C@H]12. The Bertz CT molecular complexity index is 831. The van der Waals surface area contributed by atoms with E-state index in [4.69, 9.17) is 4.74 Å². The first-order chi connectivity index (χ1) is 15.2. The summed E-state index contributed by atoms with van der Waals surface area (Å²) in [6, 6.07) is 0. The molecule has 7 heteroatoms. The monoisotopic (exact) mass is 444 g/mol. The van der Waals surface area contributed by atoms with Gasteiger partial charge < -0.3 is 9.84 Å². The van der Waals surface area contributed by atoms with Gasteiger partial charge in [0.2, 0.25) is 0 Å². The van der Waals surface area contributed by atoms with Crippen LogP contribution in [0, 0.1) is 46.3 Å². The molecule has 0 radical (unpaired) electrons. The summed E-state index contributed by atoms with van der Waals surface area (Å²) in [5, 5.41) is 25.0. The molecule has 7 nitrogen and oxygen atoms in total. The van der Waals surface area contributed by atoms with Crippen molar-refractivity contribution in [2.45, 2.75) is 97.7 Å². The van der Waals surface area contributed by atoms with Gasteiger partial charge in [-0.1, -0.05) is 20.8 Å². The van der Waals surface area contributed by atoms with Crippen molar-refractivity contribution in [2.24, 2.45) is 46.3 Å². The zero-order valence-corrected chi connectivity index (χ0v) is 20.1. The summed E-state index contributed by atoms with van der Waals surface area (Å²) >= 11 is 0. The number of nitrogens with one attached hydrogen (secondary N) is 1. The van der Waals surface area contributed by atoms with Gasteiger partial charge in [-0.15, -0.1) is 5.10 Å². The van der Waals surface area contributed by atoms with Crippen molar-refractivity contribution >= 4 is 5.97 Å². The van der Waals surface area contributed by atoms with E-state index in [-0.39, 0.29) is 29.0 Å². The zero-order chi connectivity index (χ0) is 22.7. The van der Waals surface area contributed by atoms with Crippen LogP contribution < -0.4 is 0 Å². The summed E-state index contributed by atoms with van der Waals surface area (Å²) in [6.45, 7) is 8.92. The van der Waals surface area contributed by atoms with Gasteiger partial charge in [0.25, 0.3) is 0 Å². The lowest BCUT2D eigenvalue weighted by Gasteiger charge is -2.62. The van der Waals surface area contributed by atoms with Crippen molar-refractivity contribution < 1.29 is 14.6 Å². The van der Waals surface area contributed by atoms with E-state index in [0.29, 0.717) is 35.5 Å². The van der Waals surface area contributed by atoms with E-state index >= 15 is 0 Å². The van der Waals surface area contributed by atoms with E-state index < -0.39 is 0 Å². The van der Waals surface area contributed by atoms with Crippen molar-refractivity contribution in [1.82, 2.24) is 20.6 Å². The molecule has 1 aromatic heterocycles. The molecule has 1 aromatic rings. The van der Waals surface area contributed by atoms with Crippen LogP contribution in [0.5, 0.6) is 0 Å². The molecule has 0 unspecified atom stereocenters. The molecule has 0 saturated heterocycles. The number of nitrogens with zero attached hydrogens (tertiary/aromatic N) is 3. The van der Waals surface area contributed by atoms with Crippen LogP contribution in [0.1, 0.15) is 84.9 Å². The first kappa shape index (κ1) is 22.3. The lowest BCUT2D eigenvalue weighted by Crippen LogP contribution is -2.59. The topological polar surface area (TPSA) is 101 Å². The number of rotatable bonds is 4. The molecule has 4 fully saturated rings. The molecule has 0 bridgehead atoms. The predicted molar refractivity (Wildman–Crippen MR) is 119 cm³/mol. The number of carbonyl (C=O) groups excluding carboxylic acids is 1. The Hall–Kier alpha value is -1.50. The fourth-order valence-electron chi connectivity index (χ4n) is 9.20.